The number of halogens is 4. The molecule has 0 saturated heterocycles. The highest BCUT2D eigenvalue weighted by Crippen LogP contribution is 2.28. The Morgan fingerprint density at radius 3 is 2.43 bits per heavy atom. The number of carbonyl (C=O) groups is 1. The van der Waals surface area contributed by atoms with Crippen molar-refractivity contribution in [2.24, 2.45) is 0 Å². The van der Waals surface area contributed by atoms with Gasteiger partial charge in [-0.15, -0.1) is 0 Å². The van der Waals surface area contributed by atoms with Crippen molar-refractivity contribution < 1.29 is 23.1 Å². The summed E-state index contributed by atoms with van der Waals surface area (Å²) >= 11 is 1.53. The van der Waals surface area contributed by atoms with E-state index in [4.69, 9.17) is 5.11 Å². The van der Waals surface area contributed by atoms with E-state index in [2.05, 4.69) is 4.98 Å². The Balaban J connectivity index is 3.28. The molecule has 0 fully saturated rings. The largest absolute Gasteiger partial charge is 0.478 e. The summed E-state index contributed by atoms with van der Waals surface area (Å²) in [7, 11) is 0. The lowest BCUT2D eigenvalue weighted by Gasteiger charge is -2.06. The molecule has 0 radical (unpaired) electrons. The molecule has 1 heterocycles. The first-order valence-electron chi connectivity index (χ1n) is 3.29. The van der Waals surface area contributed by atoms with Gasteiger partial charge in [-0.2, -0.15) is 13.2 Å². The SMILES string of the molecule is O=C(O)c1cc(I)nc(C(F)(F)F)c1. The van der Waals surface area contributed by atoms with Crippen LogP contribution in [-0.4, -0.2) is 16.1 Å². The molecule has 0 aliphatic carbocycles. The highest BCUT2D eigenvalue weighted by Gasteiger charge is 2.33. The van der Waals surface area contributed by atoms with E-state index in [1.807, 2.05) is 0 Å². The molecular formula is C7H3F3INO2. The molecule has 7 heteroatoms. The van der Waals surface area contributed by atoms with Crippen molar-refractivity contribution in [2.75, 3.05) is 0 Å². The third-order valence-corrected chi connectivity index (χ3v) is 1.88. The number of carboxylic acids is 1. The number of hydrogen-bond acceptors (Lipinski definition) is 2. The molecule has 1 N–H and O–H groups in total. The zero-order chi connectivity index (χ0) is 10.9. The van der Waals surface area contributed by atoms with Crippen LogP contribution in [0, 0.1) is 3.70 Å². The minimum Gasteiger partial charge on any atom is -0.478 e. The number of carboxylic acid groups (broad SMARTS) is 1. The monoisotopic (exact) mass is 317 g/mol. The molecule has 0 saturated carbocycles. The number of pyridine rings is 1. The highest BCUT2D eigenvalue weighted by atomic mass is 127. The van der Waals surface area contributed by atoms with E-state index in [-0.39, 0.29) is 3.70 Å². The van der Waals surface area contributed by atoms with Gasteiger partial charge in [-0.25, -0.2) is 9.78 Å². The highest BCUT2D eigenvalue weighted by molar-refractivity contribution is 14.1. The lowest BCUT2D eigenvalue weighted by molar-refractivity contribution is -0.141. The van der Waals surface area contributed by atoms with Gasteiger partial charge in [0.15, 0.2) is 0 Å². The van der Waals surface area contributed by atoms with E-state index in [1.54, 1.807) is 0 Å². The lowest BCUT2D eigenvalue weighted by Crippen LogP contribution is -2.11. The van der Waals surface area contributed by atoms with Crippen molar-refractivity contribution in [3.63, 3.8) is 0 Å². The Bertz CT molecular complexity index is 378. The molecule has 1 rings (SSSR count). The van der Waals surface area contributed by atoms with Crippen LogP contribution in [0.5, 0.6) is 0 Å². The van der Waals surface area contributed by atoms with Gasteiger partial charge in [0.05, 0.1) is 5.56 Å². The maximum Gasteiger partial charge on any atom is 0.433 e. The zero-order valence-corrected chi connectivity index (χ0v) is 8.63. The van der Waals surface area contributed by atoms with Crippen molar-refractivity contribution in [3.8, 4) is 0 Å². The molecule has 3 nitrogen and oxygen atoms in total. The topological polar surface area (TPSA) is 50.2 Å². The van der Waals surface area contributed by atoms with Crippen LogP contribution in [-0.2, 0) is 6.18 Å². The Morgan fingerprint density at radius 1 is 1.43 bits per heavy atom. The Kier molecular flexibility index (Phi) is 2.98. The number of nitrogens with zero attached hydrogens (tertiary/aromatic N) is 1. The van der Waals surface area contributed by atoms with Gasteiger partial charge < -0.3 is 5.11 Å². The number of hydrogen-bond donors (Lipinski definition) is 1. The molecule has 0 amide bonds. The summed E-state index contributed by atoms with van der Waals surface area (Å²) in [5.41, 5.74) is -1.61. The molecular weight excluding hydrogens is 314 g/mol. The second-order valence-electron chi connectivity index (χ2n) is 2.37. The molecule has 14 heavy (non-hydrogen) atoms. The maximum atomic E-state index is 12.2. The van der Waals surface area contributed by atoms with Crippen LogP contribution < -0.4 is 0 Å². The second kappa shape index (κ2) is 3.71. The van der Waals surface area contributed by atoms with Crippen LogP contribution in [0.3, 0.4) is 0 Å². The van der Waals surface area contributed by atoms with Crippen molar-refractivity contribution in [1.82, 2.24) is 4.98 Å². The molecule has 0 aliphatic rings. The average Bonchev–Trinajstić information content (AvgIpc) is 2.01. The molecule has 76 valence electrons. The first-order chi connectivity index (χ1) is 6.30. The fourth-order valence-electron chi connectivity index (χ4n) is 0.766. The third-order valence-electron chi connectivity index (χ3n) is 1.33. The van der Waals surface area contributed by atoms with Crippen LogP contribution in [0.1, 0.15) is 16.1 Å². The van der Waals surface area contributed by atoms with Gasteiger partial charge in [0.2, 0.25) is 0 Å². The summed E-state index contributed by atoms with van der Waals surface area (Å²) in [4.78, 5) is 13.6. The predicted molar refractivity (Wildman–Crippen MR) is 48.9 cm³/mol. The smallest absolute Gasteiger partial charge is 0.433 e. The van der Waals surface area contributed by atoms with E-state index in [9.17, 15) is 18.0 Å². The lowest BCUT2D eigenvalue weighted by atomic mass is 10.2. The van der Waals surface area contributed by atoms with Gasteiger partial charge in [0, 0.05) is 0 Å². The van der Waals surface area contributed by atoms with Crippen LogP contribution in [0.2, 0.25) is 0 Å². The second-order valence-corrected chi connectivity index (χ2v) is 3.47. The first-order valence-corrected chi connectivity index (χ1v) is 4.36. The van der Waals surface area contributed by atoms with Gasteiger partial charge in [-0.3, -0.25) is 0 Å². The molecule has 0 spiro atoms. The minimum absolute atomic E-state index is 0.00479. The summed E-state index contributed by atoms with van der Waals surface area (Å²) in [6.45, 7) is 0. The molecule has 0 atom stereocenters. The molecule has 0 bridgehead atoms. The van der Waals surface area contributed by atoms with Crippen molar-refractivity contribution in [2.45, 2.75) is 6.18 Å². The van der Waals surface area contributed by atoms with Crippen LogP contribution in [0.4, 0.5) is 13.2 Å². The molecule has 0 aromatic carbocycles. The van der Waals surface area contributed by atoms with Crippen molar-refractivity contribution in [1.29, 1.82) is 0 Å². The summed E-state index contributed by atoms with van der Waals surface area (Å²) < 4.78 is 36.5. The van der Waals surface area contributed by atoms with Crippen molar-refractivity contribution in [3.05, 3.63) is 27.1 Å². The fourth-order valence-corrected chi connectivity index (χ4v) is 1.36. The van der Waals surface area contributed by atoms with E-state index >= 15 is 0 Å². The van der Waals surface area contributed by atoms with Gasteiger partial charge in [-0.05, 0) is 34.7 Å². The maximum absolute atomic E-state index is 12.2. The van der Waals surface area contributed by atoms with Crippen LogP contribution in [0.25, 0.3) is 0 Å². The van der Waals surface area contributed by atoms with E-state index in [0.29, 0.717) is 6.07 Å². The Labute approximate surface area is 90.1 Å². The van der Waals surface area contributed by atoms with E-state index in [1.165, 1.54) is 22.6 Å². The fraction of sp³-hybridized carbons (Fsp3) is 0.143. The molecule has 0 unspecified atom stereocenters. The normalized spacial score (nSPS) is 11.4. The van der Waals surface area contributed by atoms with E-state index < -0.39 is 23.4 Å². The third kappa shape index (κ3) is 2.56. The number of aromatic nitrogens is 1. The van der Waals surface area contributed by atoms with Gasteiger partial charge in [0.25, 0.3) is 0 Å². The van der Waals surface area contributed by atoms with Crippen LogP contribution >= 0.6 is 22.6 Å². The van der Waals surface area contributed by atoms with Gasteiger partial charge in [0.1, 0.15) is 9.39 Å². The predicted octanol–water partition coefficient (Wildman–Crippen LogP) is 2.40. The average molecular weight is 317 g/mol. The van der Waals surface area contributed by atoms with E-state index in [0.717, 1.165) is 6.07 Å². The zero-order valence-electron chi connectivity index (χ0n) is 6.47. The minimum atomic E-state index is -4.62. The summed E-state index contributed by atoms with van der Waals surface area (Å²) in [5, 5.41) is 8.50. The Morgan fingerprint density at radius 2 is 2.00 bits per heavy atom. The summed E-state index contributed by atoms with van der Waals surface area (Å²) in [5.74, 6) is -1.41. The van der Waals surface area contributed by atoms with Crippen molar-refractivity contribution >= 4 is 28.6 Å². The standard InChI is InChI=1S/C7H3F3INO2/c8-7(9,10)4-1-3(6(13)14)2-5(11)12-4/h1-2H,(H,13,14). The summed E-state index contributed by atoms with van der Waals surface area (Å²) in [6.07, 6.45) is -4.62. The van der Waals surface area contributed by atoms with Gasteiger partial charge >= 0.3 is 12.1 Å². The summed E-state index contributed by atoms with van der Waals surface area (Å²) in [6, 6.07) is 1.57. The number of alkyl halides is 3. The number of aromatic carboxylic acids is 1. The molecule has 1 aromatic heterocycles. The first kappa shape index (κ1) is 11.2. The molecule has 1 aromatic rings. The van der Waals surface area contributed by atoms with Crippen LogP contribution in [0.15, 0.2) is 12.1 Å². The Hall–Kier alpha value is -0.860. The van der Waals surface area contributed by atoms with Gasteiger partial charge in [-0.1, -0.05) is 0 Å². The quantitative estimate of drug-likeness (QED) is 0.639. The molecule has 0 aliphatic heterocycles. The number of rotatable bonds is 1.